The molecule has 1 aromatic carbocycles. The Morgan fingerprint density at radius 2 is 1.98 bits per heavy atom. The smallest absolute Gasteiger partial charge is 0.341 e. The first-order chi connectivity index (χ1) is 19.9. The number of esters is 1. The zero-order valence-electron chi connectivity index (χ0n) is 22.1. The highest BCUT2D eigenvalue weighted by Crippen LogP contribution is 2.43. The topological polar surface area (TPSA) is 142 Å². The number of amides is 1. The molecule has 11 heteroatoms. The predicted molar refractivity (Wildman–Crippen MR) is 162 cm³/mol. The Morgan fingerprint density at radius 1 is 1.20 bits per heavy atom. The molecule has 5 rings (SSSR count). The minimum absolute atomic E-state index is 0.0420. The highest BCUT2D eigenvalue weighted by Gasteiger charge is 2.30. The van der Waals surface area contributed by atoms with E-state index in [2.05, 4.69) is 34.6 Å². The van der Waals surface area contributed by atoms with E-state index in [1.54, 1.807) is 0 Å². The molecule has 41 heavy (non-hydrogen) atoms. The van der Waals surface area contributed by atoms with Crippen LogP contribution in [0.25, 0.3) is 11.1 Å². The van der Waals surface area contributed by atoms with Gasteiger partial charge in [0.05, 0.1) is 18.2 Å². The van der Waals surface area contributed by atoms with Crippen molar-refractivity contribution in [2.45, 2.75) is 36.6 Å². The lowest BCUT2D eigenvalue weighted by Gasteiger charge is -2.22. The summed E-state index contributed by atoms with van der Waals surface area (Å²) in [5, 5.41) is 27.1. The molecule has 1 atom stereocenters. The van der Waals surface area contributed by atoms with E-state index in [0.717, 1.165) is 35.3 Å². The zero-order valence-corrected chi connectivity index (χ0v) is 24.5. The van der Waals surface area contributed by atoms with Crippen molar-refractivity contribution in [1.29, 1.82) is 10.5 Å². The fourth-order valence-corrected chi connectivity index (χ4v) is 7.94. The molecule has 4 aromatic rings. The molecule has 0 saturated carbocycles. The van der Waals surface area contributed by atoms with Crippen LogP contribution in [-0.4, -0.2) is 29.7 Å². The van der Waals surface area contributed by atoms with Crippen LogP contribution in [0.1, 0.15) is 56.2 Å². The van der Waals surface area contributed by atoms with Gasteiger partial charge in [0.15, 0.2) is 0 Å². The number of nitrogen functional groups attached to an aromatic ring is 1. The van der Waals surface area contributed by atoms with Gasteiger partial charge < -0.3 is 15.8 Å². The first-order valence-corrected chi connectivity index (χ1v) is 15.6. The molecule has 8 nitrogen and oxygen atoms in total. The van der Waals surface area contributed by atoms with E-state index in [0.29, 0.717) is 32.8 Å². The average Bonchev–Trinajstić information content (AvgIpc) is 3.64. The Labute approximate surface area is 249 Å². The number of rotatable bonds is 8. The van der Waals surface area contributed by atoms with Gasteiger partial charge in [-0.25, -0.2) is 9.78 Å². The Kier molecular flexibility index (Phi) is 8.70. The molecular weight excluding hydrogens is 575 g/mol. The fraction of sp³-hybridized carbons (Fsp3) is 0.233. The number of pyridine rings is 1. The lowest BCUT2D eigenvalue weighted by Crippen LogP contribution is -2.16. The van der Waals surface area contributed by atoms with E-state index in [-0.39, 0.29) is 29.3 Å². The van der Waals surface area contributed by atoms with Gasteiger partial charge in [-0.2, -0.15) is 21.9 Å². The third-order valence-electron chi connectivity index (χ3n) is 6.97. The number of aromatic nitrogens is 1. The minimum Gasteiger partial charge on any atom is -0.465 e. The molecule has 3 heterocycles. The molecule has 0 fully saturated rings. The second-order valence-corrected chi connectivity index (χ2v) is 12.3. The van der Waals surface area contributed by atoms with Gasteiger partial charge in [-0.3, -0.25) is 4.79 Å². The second kappa shape index (κ2) is 12.6. The number of fused-ring (bicyclic) bond motifs is 1. The number of anilines is 2. The fourth-order valence-electron chi connectivity index (χ4n) is 5.03. The quantitative estimate of drug-likeness (QED) is 0.176. The van der Waals surface area contributed by atoms with Gasteiger partial charge in [-0.05, 0) is 58.7 Å². The Bertz CT molecular complexity index is 1690. The van der Waals surface area contributed by atoms with Crippen LogP contribution >= 0.6 is 34.4 Å². The van der Waals surface area contributed by atoms with Crippen LogP contribution < -0.4 is 11.1 Å². The number of hydrogen-bond acceptors (Lipinski definition) is 10. The number of nitrogens with two attached hydrogens (primary N) is 1. The van der Waals surface area contributed by atoms with Crippen LogP contribution in [0.3, 0.4) is 0 Å². The molecule has 0 radical (unpaired) electrons. The van der Waals surface area contributed by atoms with Crippen LogP contribution in [0, 0.1) is 22.7 Å². The van der Waals surface area contributed by atoms with E-state index in [1.807, 2.05) is 35.0 Å². The van der Waals surface area contributed by atoms with Gasteiger partial charge in [0.1, 0.15) is 33.5 Å². The van der Waals surface area contributed by atoms with Crippen LogP contribution in [-0.2, 0) is 22.4 Å². The number of benzene rings is 1. The van der Waals surface area contributed by atoms with Crippen molar-refractivity contribution in [1.82, 2.24) is 4.98 Å². The van der Waals surface area contributed by atoms with E-state index in [4.69, 9.17) is 10.5 Å². The number of hydrogen-bond donors (Lipinski definition) is 2. The van der Waals surface area contributed by atoms with Crippen LogP contribution in [0.15, 0.2) is 52.2 Å². The highest BCUT2D eigenvalue weighted by molar-refractivity contribution is 7.99. The lowest BCUT2D eigenvalue weighted by atomic mass is 9.83. The molecule has 0 spiro atoms. The van der Waals surface area contributed by atoms with Crippen molar-refractivity contribution in [2.75, 3.05) is 23.9 Å². The molecular formula is C30H25N5O3S3. The number of thiophene rings is 2. The monoisotopic (exact) mass is 599 g/mol. The Morgan fingerprint density at radius 3 is 2.66 bits per heavy atom. The largest absolute Gasteiger partial charge is 0.465 e. The van der Waals surface area contributed by atoms with Crippen molar-refractivity contribution >= 4 is 57.1 Å². The van der Waals surface area contributed by atoms with E-state index in [9.17, 15) is 20.1 Å². The SMILES string of the molecule is COC(=O)c1c(NC(=O)CCSc2nc(N)c(C#N)c(-c3ccsc3)c2C#N)sc2c1CCC(c1ccccc1)C2. The zero-order chi connectivity index (χ0) is 28.9. The molecule has 1 unspecified atom stereocenters. The maximum absolute atomic E-state index is 13.0. The van der Waals surface area contributed by atoms with Crippen molar-refractivity contribution in [3.8, 4) is 23.3 Å². The summed E-state index contributed by atoms with van der Waals surface area (Å²) in [7, 11) is 1.34. The number of carbonyl (C=O) groups is 2. The third kappa shape index (κ3) is 5.84. The molecule has 0 aliphatic heterocycles. The average molecular weight is 600 g/mol. The van der Waals surface area contributed by atoms with Crippen molar-refractivity contribution in [2.24, 2.45) is 0 Å². The number of thioether (sulfide) groups is 1. The summed E-state index contributed by atoms with van der Waals surface area (Å²) in [6.07, 6.45) is 2.56. The maximum Gasteiger partial charge on any atom is 0.341 e. The normalized spacial score (nSPS) is 14.0. The summed E-state index contributed by atoms with van der Waals surface area (Å²) in [5.41, 5.74) is 10.3. The minimum atomic E-state index is -0.456. The van der Waals surface area contributed by atoms with Gasteiger partial charge in [-0.15, -0.1) is 23.1 Å². The van der Waals surface area contributed by atoms with Crippen molar-refractivity contribution < 1.29 is 14.3 Å². The predicted octanol–water partition coefficient (Wildman–Crippen LogP) is 6.38. The number of nitrogens with one attached hydrogen (secondary N) is 1. The lowest BCUT2D eigenvalue weighted by molar-refractivity contribution is -0.115. The van der Waals surface area contributed by atoms with Gasteiger partial charge in [-0.1, -0.05) is 30.3 Å². The van der Waals surface area contributed by atoms with Crippen molar-refractivity contribution in [3.05, 3.63) is 79.9 Å². The van der Waals surface area contributed by atoms with Crippen LogP contribution in [0.4, 0.5) is 10.8 Å². The summed E-state index contributed by atoms with van der Waals surface area (Å²) in [6, 6.07) is 16.4. The second-order valence-electron chi connectivity index (χ2n) is 9.36. The Balaban J connectivity index is 1.31. The van der Waals surface area contributed by atoms with E-state index in [1.165, 1.54) is 47.1 Å². The molecule has 206 valence electrons. The number of methoxy groups -OCH3 is 1. The molecule has 0 saturated heterocycles. The number of nitriles is 2. The summed E-state index contributed by atoms with van der Waals surface area (Å²) < 4.78 is 5.07. The van der Waals surface area contributed by atoms with E-state index >= 15 is 0 Å². The van der Waals surface area contributed by atoms with Gasteiger partial charge in [0, 0.05) is 22.6 Å². The summed E-state index contributed by atoms with van der Waals surface area (Å²) in [4.78, 5) is 31.1. The first-order valence-electron chi connectivity index (χ1n) is 12.8. The summed E-state index contributed by atoms with van der Waals surface area (Å²) >= 11 is 4.11. The number of nitrogens with zero attached hydrogens (tertiary/aromatic N) is 3. The Hall–Kier alpha value is -4.16. The van der Waals surface area contributed by atoms with Gasteiger partial charge in [0.25, 0.3) is 0 Å². The third-order valence-corrected chi connectivity index (χ3v) is 9.80. The molecule has 1 aliphatic carbocycles. The molecule has 1 amide bonds. The molecule has 0 bridgehead atoms. The summed E-state index contributed by atoms with van der Waals surface area (Å²) in [6.45, 7) is 0. The van der Waals surface area contributed by atoms with E-state index < -0.39 is 5.97 Å². The molecule has 3 aromatic heterocycles. The highest BCUT2D eigenvalue weighted by atomic mass is 32.2. The van der Waals surface area contributed by atoms with Crippen molar-refractivity contribution in [3.63, 3.8) is 0 Å². The standard InChI is InChI=1S/C30H25N5O3S3/c1-38-30(37)26-20-8-7-18(17-5-3-2-4-6-17)13-23(20)41-29(26)34-24(36)10-12-40-28-22(15-32)25(19-9-11-39-16-19)21(14-31)27(33)35-28/h2-6,9,11,16,18H,7-8,10,12-13H2,1H3,(H2,33,35)(H,34,36). The van der Waals surface area contributed by atoms with Gasteiger partial charge >= 0.3 is 5.97 Å². The first kappa shape index (κ1) is 28.4. The maximum atomic E-state index is 13.0. The molecule has 3 N–H and O–H groups in total. The number of ether oxygens (including phenoxy) is 1. The van der Waals surface area contributed by atoms with Crippen LogP contribution in [0.2, 0.25) is 0 Å². The van der Waals surface area contributed by atoms with Gasteiger partial charge in [0.2, 0.25) is 5.91 Å². The summed E-state index contributed by atoms with van der Waals surface area (Å²) in [5.74, 6) is -0.00789. The van der Waals surface area contributed by atoms with Crippen LogP contribution in [0.5, 0.6) is 0 Å². The molecule has 1 aliphatic rings. The number of carbonyl (C=O) groups excluding carboxylic acids is 2.